The highest BCUT2D eigenvalue weighted by Gasteiger charge is 2.62. The molecule has 2 fully saturated rings. The number of fused-ring (bicyclic) bond motifs is 5. The standard InChI is InChI=1S/C30H23NO4/c1-35-30(34)20-12-14-21(15-13-20)31-28(32)26-22-16-17-23(27(26)29(31)33)25(22)24(18-8-4-2-5-9-18)19-10-6-3-7-11-19/h2-17,22-23,26-27H,1H3/t22-,23-,26-,27-/m0/s1. The van der Waals surface area contributed by atoms with Crippen LogP contribution in [0.5, 0.6) is 0 Å². The van der Waals surface area contributed by atoms with E-state index in [1.54, 1.807) is 24.3 Å². The second kappa shape index (κ2) is 8.20. The SMILES string of the molecule is COC(=O)c1ccc(N2C(=O)[C@@H]3[C@@H](C2=O)[C@H]2C=C[C@H]3C2=C(c2ccccc2)c2ccccc2)cc1. The van der Waals surface area contributed by atoms with Crippen molar-refractivity contribution in [2.24, 2.45) is 23.7 Å². The molecule has 2 amide bonds. The van der Waals surface area contributed by atoms with Crippen molar-refractivity contribution in [3.8, 4) is 0 Å². The summed E-state index contributed by atoms with van der Waals surface area (Å²) in [5.74, 6) is -1.92. The first kappa shape index (κ1) is 21.3. The number of benzene rings is 3. The largest absolute Gasteiger partial charge is 0.465 e. The fourth-order valence-corrected chi connectivity index (χ4v) is 5.93. The second-order valence-corrected chi connectivity index (χ2v) is 9.10. The summed E-state index contributed by atoms with van der Waals surface area (Å²) in [6.07, 6.45) is 4.20. The van der Waals surface area contributed by atoms with Gasteiger partial charge in [-0.25, -0.2) is 9.69 Å². The van der Waals surface area contributed by atoms with Crippen LogP contribution in [0.2, 0.25) is 0 Å². The Bertz CT molecular complexity index is 1310. The summed E-state index contributed by atoms with van der Waals surface area (Å²) in [5.41, 5.74) is 5.29. The van der Waals surface area contributed by atoms with Gasteiger partial charge in [-0.1, -0.05) is 72.8 Å². The molecule has 4 atom stereocenters. The highest BCUT2D eigenvalue weighted by Crippen LogP contribution is 2.58. The predicted octanol–water partition coefficient (Wildman–Crippen LogP) is 4.90. The third-order valence-corrected chi connectivity index (χ3v) is 7.38. The Labute approximate surface area is 203 Å². The number of carbonyl (C=O) groups is 3. The van der Waals surface area contributed by atoms with Gasteiger partial charge in [0.1, 0.15) is 0 Å². The van der Waals surface area contributed by atoms with Crippen molar-refractivity contribution in [2.75, 3.05) is 12.0 Å². The lowest BCUT2D eigenvalue weighted by atomic mass is 9.85. The summed E-state index contributed by atoms with van der Waals surface area (Å²) in [6.45, 7) is 0. The smallest absolute Gasteiger partial charge is 0.337 e. The Kier molecular flexibility index (Phi) is 4.99. The molecule has 3 aromatic rings. The van der Waals surface area contributed by atoms with Crippen LogP contribution in [0.3, 0.4) is 0 Å². The molecule has 1 heterocycles. The van der Waals surface area contributed by atoms with Gasteiger partial charge in [0.2, 0.25) is 11.8 Å². The molecule has 6 rings (SSSR count). The Hall–Kier alpha value is -4.25. The first-order chi connectivity index (χ1) is 17.1. The van der Waals surface area contributed by atoms with Gasteiger partial charge in [0.25, 0.3) is 0 Å². The monoisotopic (exact) mass is 461 g/mol. The van der Waals surface area contributed by atoms with Gasteiger partial charge in [0.05, 0.1) is 30.2 Å². The number of amides is 2. The van der Waals surface area contributed by atoms with Gasteiger partial charge in [-0.3, -0.25) is 9.59 Å². The minimum atomic E-state index is -0.459. The van der Waals surface area contributed by atoms with E-state index in [1.165, 1.54) is 12.0 Å². The first-order valence-corrected chi connectivity index (χ1v) is 11.7. The van der Waals surface area contributed by atoms with Gasteiger partial charge < -0.3 is 4.74 Å². The number of carbonyl (C=O) groups excluding carboxylic acids is 3. The molecule has 0 radical (unpaired) electrons. The lowest BCUT2D eigenvalue weighted by Gasteiger charge is -2.21. The molecule has 2 bridgehead atoms. The Balaban J connectivity index is 1.42. The van der Waals surface area contributed by atoms with Crippen molar-refractivity contribution < 1.29 is 19.1 Å². The summed E-state index contributed by atoms with van der Waals surface area (Å²) in [4.78, 5) is 40.4. The average Bonchev–Trinajstić information content (AvgIpc) is 3.54. The van der Waals surface area contributed by atoms with Gasteiger partial charge in [0, 0.05) is 11.8 Å². The van der Waals surface area contributed by atoms with Crippen LogP contribution in [0.1, 0.15) is 21.5 Å². The highest BCUT2D eigenvalue weighted by atomic mass is 16.5. The highest BCUT2D eigenvalue weighted by molar-refractivity contribution is 6.23. The van der Waals surface area contributed by atoms with Gasteiger partial charge in [-0.15, -0.1) is 0 Å². The van der Waals surface area contributed by atoms with E-state index in [-0.39, 0.29) is 23.7 Å². The number of hydrogen-bond acceptors (Lipinski definition) is 4. The molecule has 0 aromatic heterocycles. The van der Waals surface area contributed by atoms with Crippen LogP contribution in [0, 0.1) is 23.7 Å². The predicted molar refractivity (Wildman–Crippen MR) is 132 cm³/mol. The van der Waals surface area contributed by atoms with E-state index in [9.17, 15) is 14.4 Å². The van der Waals surface area contributed by atoms with E-state index in [0.29, 0.717) is 11.3 Å². The third kappa shape index (κ3) is 3.19. The molecule has 0 spiro atoms. The molecule has 35 heavy (non-hydrogen) atoms. The molecule has 1 saturated carbocycles. The van der Waals surface area contributed by atoms with Crippen LogP contribution in [-0.2, 0) is 14.3 Å². The zero-order chi connectivity index (χ0) is 24.1. The van der Waals surface area contributed by atoms with E-state index >= 15 is 0 Å². The normalized spacial score (nSPS) is 24.1. The Morgan fingerprint density at radius 2 is 1.17 bits per heavy atom. The summed E-state index contributed by atoms with van der Waals surface area (Å²) in [5, 5.41) is 0. The molecule has 5 nitrogen and oxygen atoms in total. The summed E-state index contributed by atoms with van der Waals surface area (Å²) >= 11 is 0. The number of imide groups is 1. The fourth-order valence-electron chi connectivity index (χ4n) is 5.93. The molecular weight excluding hydrogens is 438 g/mol. The van der Waals surface area contributed by atoms with Crippen LogP contribution in [0.4, 0.5) is 5.69 Å². The van der Waals surface area contributed by atoms with E-state index in [1.807, 2.05) is 36.4 Å². The average molecular weight is 462 g/mol. The van der Waals surface area contributed by atoms with Gasteiger partial charge in [0.15, 0.2) is 0 Å². The number of rotatable bonds is 4. The summed E-state index contributed by atoms with van der Waals surface area (Å²) < 4.78 is 4.75. The lowest BCUT2D eigenvalue weighted by molar-refractivity contribution is -0.122. The van der Waals surface area contributed by atoms with Crippen LogP contribution in [0.25, 0.3) is 5.57 Å². The van der Waals surface area contributed by atoms with E-state index in [4.69, 9.17) is 4.74 Å². The quantitative estimate of drug-likeness (QED) is 0.315. The minimum Gasteiger partial charge on any atom is -0.465 e. The second-order valence-electron chi connectivity index (χ2n) is 9.10. The number of allylic oxidation sites excluding steroid dienone is 3. The zero-order valence-corrected chi connectivity index (χ0v) is 19.1. The topological polar surface area (TPSA) is 63.7 Å². The first-order valence-electron chi connectivity index (χ1n) is 11.7. The van der Waals surface area contributed by atoms with Gasteiger partial charge in [-0.05, 0) is 46.5 Å². The van der Waals surface area contributed by atoms with Crippen molar-refractivity contribution in [1.82, 2.24) is 0 Å². The van der Waals surface area contributed by atoms with E-state index in [2.05, 4.69) is 36.4 Å². The Morgan fingerprint density at radius 3 is 1.63 bits per heavy atom. The fraction of sp³-hybridized carbons (Fsp3) is 0.167. The number of methoxy groups -OCH3 is 1. The number of nitrogens with zero attached hydrogens (tertiary/aromatic N) is 1. The van der Waals surface area contributed by atoms with Crippen LogP contribution < -0.4 is 4.90 Å². The van der Waals surface area contributed by atoms with Crippen molar-refractivity contribution in [1.29, 1.82) is 0 Å². The summed E-state index contributed by atoms with van der Waals surface area (Å²) in [6, 6.07) is 26.8. The third-order valence-electron chi connectivity index (χ3n) is 7.38. The van der Waals surface area contributed by atoms with Crippen LogP contribution in [0.15, 0.2) is 103 Å². The number of esters is 1. The minimum absolute atomic E-state index is 0.129. The van der Waals surface area contributed by atoms with E-state index < -0.39 is 17.8 Å². The molecule has 1 aliphatic heterocycles. The molecular formula is C30H23NO4. The van der Waals surface area contributed by atoms with E-state index in [0.717, 1.165) is 22.3 Å². The number of hydrogen-bond donors (Lipinski definition) is 0. The molecule has 0 N–H and O–H groups in total. The van der Waals surface area contributed by atoms with Crippen LogP contribution in [-0.4, -0.2) is 24.9 Å². The number of anilines is 1. The summed E-state index contributed by atoms with van der Waals surface area (Å²) in [7, 11) is 1.32. The molecule has 5 heteroatoms. The molecule has 3 aliphatic rings. The maximum atomic E-state index is 13.7. The molecule has 1 saturated heterocycles. The maximum Gasteiger partial charge on any atom is 0.337 e. The zero-order valence-electron chi connectivity index (χ0n) is 19.1. The van der Waals surface area contributed by atoms with Crippen molar-refractivity contribution in [3.05, 3.63) is 119 Å². The maximum absolute atomic E-state index is 13.7. The van der Waals surface area contributed by atoms with Gasteiger partial charge >= 0.3 is 5.97 Å². The Morgan fingerprint density at radius 1 is 0.686 bits per heavy atom. The van der Waals surface area contributed by atoms with Crippen LogP contribution >= 0.6 is 0 Å². The molecule has 3 aromatic carbocycles. The van der Waals surface area contributed by atoms with Crippen molar-refractivity contribution in [2.45, 2.75) is 0 Å². The van der Waals surface area contributed by atoms with Gasteiger partial charge in [-0.2, -0.15) is 0 Å². The number of ether oxygens (including phenoxy) is 1. The lowest BCUT2D eigenvalue weighted by Crippen LogP contribution is -2.33. The van der Waals surface area contributed by atoms with Crippen molar-refractivity contribution in [3.63, 3.8) is 0 Å². The molecule has 0 unspecified atom stereocenters. The van der Waals surface area contributed by atoms with Crippen molar-refractivity contribution >= 4 is 29.0 Å². The molecule has 172 valence electrons. The molecule has 2 aliphatic carbocycles.